The predicted molar refractivity (Wildman–Crippen MR) is 109 cm³/mol. The molecule has 1 aliphatic rings. The van der Waals surface area contributed by atoms with E-state index >= 15 is 0 Å². The minimum absolute atomic E-state index is 0.0468. The fourth-order valence-electron chi connectivity index (χ4n) is 3.47. The molecular formula is C22H25ClN2O2. The number of anilines is 1. The average molecular weight is 385 g/mol. The van der Waals surface area contributed by atoms with E-state index in [0.29, 0.717) is 37.4 Å². The Hall–Kier alpha value is -2.33. The summed E-state index contributed by atoms with van der Waals surface area (Å²) >= 11 is 5.89. The number of amides is 2. The van der Waals surface area contributed by atoms with Gasteiger partial charge in [0.15, 0.2) is 0 Å². The van der Waals surface area contributed by atoms with E-state index in [2.05, 4.69) is 12.2 Å². The summed E-state index contributed by atoms with van der Waals surface area (Å²) in [5.74, 6) is 0.114. The number of hydrogen-bond donors (Lipinski definition) is 1. The first-order valence-corrected chi connectivity index (χ1v) is 9.85. The second-order valence-electron chi connectivity index (χ2n) is 6.96. The first-order valence-electron chi connectivity index (χ1n) is 9.47. The van der Waals surface area contributed by atoms with E-state index in [0.717, 1.165) is 23.2 Å². The molecule has 0 bridgehead atoms. The highest BCUT2D eigenvalue weighted by Crippen LogP contribution is 2.22. The van der Waals surface area contributed by atoms with Crippen molar-refractivity contribution in [3.05, 3.63) is 64.7 Å². The number of nitrogens with one attached hydrogen (secondary N) is 1. The lowest BCUT2D eigenvalue weighted by atomic mass is 9.95. The van der Waals surface area contributed by atoms with Crippen molar-refractivity contribution in [3.8, 4) is 0 Å². The smallest absolute Gasteiger partial charge is 0.227 e. The van der Waals surface area contributed by atoms with Crippen molar-refractivity contribution >= 4 is 29.1 Å². The molecule has 0 atom stereocenters. The number of rotatable bonds is 5. The molecule has 0 saturated carbocycles. The number of likely N-dealkylation sites (tertiary alicyclic amines) is 1. The van der Waals surface area contributed by atoms with Crippen LogP contribution in [0.5, 0.6) is 0 Å². The minimum Gasteiger partial charge on any atom is -0.342 e. The van der Waals surface area contributed by atoms with Gasteiger partial charge in [0, 0.05) is 29.7 Å². The third-order valence-electron chi connectivity index (χ3n) is 5.14. The largest absolute Gasteiger partial charge is 0.342 e. The van der Waals surface area contributed by atoms with Crippen molar-refractivity contribution in [1.82, 2.24) is 4.90 Å². The van der Waals surface area contributed by atoms with Crippen molar-refractivity contribution in [2.24, 2.45) is 5.92 Å². The molecule has 3 rings (SSSR count). The standard InChI is InChI=1S/C22H25ClN2O2/c1-2-17-5-3-4-6-20(17)24-22(27)18-11-13-25(14-12-18)21(26)15-16-7-9-19(23)10-8-16/h3-10,18H,2,11-15H2,1H3,(H,24,27). The van der Waals surface area contributed by atoms with Crippen molar-refractivity contribution in [3.63, 3.8) is 0 Å². The zero-order valence-electron chi connectivity index (χ0n) is 15.6. The van der Waals surface area contributed by atoms with Crippen LogP contribution in [-0.4, -0.2) is 29.8 Å². The molecule has 0 radical (unpaired) electrons. The van der Waals surface area contributed by atoms with Crippen LogP contribution in [0.2, 0.25) is 5.02 Å². The van der Waals surface area contributed by atoms with E-state index in [-0.39, 0.29) is 17.7 Å². The van der Waals surface area contributed by atoms with E-state index in [4.69, 9.17) is 11.6 Å². The number of nitrogens with zero attached hydrogens (tertiary/aromatic N) is 1. The molecule has 0 unspecified atom stereocenters. The Labute approximate surface area is 165 Å². The highest BCUT2D eigenvalue weighted by atomic mass is 35.5. The molecule has 1 N–H and O–H groups in total. The Morgan fingerprint density at radius 3 is 2.41 bits per heavy atom. The first-order chi connectivity index (χ1) is 13.1. The zero-order chi connectivity index (χ0) is 19.2. The molecule has 27 heavy (non-hydrogen) atoms. The van der Waals surface area contributed by atoms with Gasteiger partial charge in [-0.2, -0.15) is 0 Å². The number of carbonyl (C=O) groups is 2. The van der Waals surface area contributed by atoms with Crippen LogP contribution < -0.4 is 5.32 Å². The second-order valence-corrected chi connectivity index (χ2v) is 7.39. The summed E-state index contributed by atoms with van der Waals surface area (Å²) in [6, 6.07) is 15.3. The maximum Gasteiger partial charge on any atom is 0.227 e. The van der Waals surface area contributed by atoms with Gasteiger partial charge in [-0.15, -0.1) is 0 Å². The zero-order valence-corrected chi connectivity index (χ0v) is 16.3. The highest BCUT2D eigenvalue weighted by molar-refractivity contribution is 6.30. The fourth-order valence-corrected chi connectivity index (χ4v) is 3.59. The normalized spacial score (nSPS) is 14.8. The summed E-state index contributed by atoms with van der Waals surface area (Å²) in [5, 5.41) is 3.73. The van der Waals surface area contributed by atoms with Crippen LogP contribution >= 0.6 is 11.6 Å². The van der Waals surface area contributed by atoms with Gasteiger partial charge in [-0.05, 0) is 48.6 Å². The Bertz CT molecular complexity index is 796. The van der Waals surface area contributed by atoms with Crippen LogP contribution in [0.4, 0.5) is 5.69 Å². The third kappa shape index (κ3) is 5.10. The maximum absolute atomic E-state index is 12.6. The van der Waals surface area contributed by atoms with Crippen molar-refractivity contribution in [2.45, 2.75) is 32.6 Å². The molecule has 0 aromatic heterocycles. The molecule has 1 fully saturated rings. The SMILES string of the molecule is CCc1ccccc1NC(=O)C1CCN(C(=O)Cc2ccc(Cl)cc2)CC1. The first kappa shape index (κ1) is 19.4. The van der Waals surface area contributed by atoms with E-state index in [1.165, 1.54) is 0 Å². The van der Waals surface area contributed by atoms with Crippen molar-refractivity contribution < 1.29 is 9.59 Å². The molecule has 0 aliphatic carbocycles. The number of halogens is 1. The monoisotopic (exact) mass is 384 g/mol. The van der Waals surface area contributed by atoms with E-state index in [1.807, 2.05) is 41.3 Å². The van der Waals surface area contributed by atoms with Crippen LogP contribution in [0.3, 0.4) is 0 Å². The highest BCUT2D eigenvalue weighted by Gasteiger charge is 2.27. The lowest BCUT2D eigenvalue weighted by Crippen LogP contribution is -2.42. The van der Waals surface area contributed by atoms with Gasteiger partial charge in [-0.1, -0.05) is 48.9 Å². The number of piperidine rings is 1. The molecule has 0 spiro atoms. The van der Waals surface area contributed by atoms with Crippen LogP contribution in [0.1, 0.15) is 30.9 Å². The van der Waals surface area contributed by atoms with Gasteiger partial charge >= 0.3 is 0 Å². The summed E-state index contributed by atoms with van der Waals surface area (Å²) in [6.45, 7) is 3.33. The predicted octanol–water partition coefficient (Wildman–Crippen LogP) is 4.32. The van der Waals surface area contributed by atoms with Gasteiger partial charge < -0.3 is 10.2 Å². The molecule has 4 nitrogen and oxygen atoms in total. The van der Waals surface area contributed by atoms with Crippen LogP contribution in [-0.2, 0) is 22.4 Å². The molecule has 2 aromatic rings. The molecular weight excluding hydrogens is 360 g/mol. The number of benzene rings is 2. The van der Waals surface area contributed by atoms with E-state index in [1.54, 1.807) is 12.1 Å². The molecule has 1 saturated heterocycles. The van der Waals surface area contributed by atoms with Gasteiger partial charge in [-0.3, -0.25) is 9.59 Å². The quantitative estimate of drug-likeness (QED) is 0.834. The summed E-state index contributed by atoms with van der Waals surface area (Å²) in [6.07, 6.45) is 2.66. The molecule has 1 heterocycles. The lowest BCUT2D eigenvalue weighted by molar-refractivity contribution is -0.133. The molecule has 2 aromatic carbocycles. The molecule has 1 aliphatic heterocycles. The second kappa shape index (κ2) is 9.05. The summed E-state index contributed by atoms with van der Waals surface area (Å²) in [7, 11) is 0. The number of carbonyl (C=O) groups excluding carboxylic acids is 2. The van der Waals surface area contributed by atoms with Gasteiger partial charge in [-0.25, -0.2) is 0 Å². The fraction of sp³-hybridized carbons (Fsp3) is 0.364. The van der Waals surface area contributed by atoms with Gasteiger partial charge in [0.25, 0.3) is 0 Å². The minimum atomic E-state index is -0.0468. The summed E-state index contributed by atoms with van der Waals surface area (Å²) in [4.78, 5) is 27.0. The molecule has 5 heteroatoms. The van der Waals surface area contributed by atoms with Crippen LogP contribution in [0.15, 0.2) is 48.5 Å². The Kier molecular flexibility index (Phi) is 6.51. The number of para-hydroxylation sites is 1. The number of hydrogen-bond acceptors (Lipinski definition) is 2. The topological polar surface area (TPSA) is 49.4 Å². The van der Waals surface area contributed by atoms with Gasteiger partial charge in [0.2, 0.25) is 11.8 Å². The summed E-state index contributed by atoms with van der Waals surface area (Å²) < 4.78 is 0. The lowest BCUT2D eigenvalue weighted by Gasteiger charge is -2.31. The average Bonchev–Trinajstić information content (AvgIpc) is 2.70. The maximum atomic E-state index is 12.6. The molecule has 142 valence electrons. The van der Waals surface area contributed by atoms with Crippen molar-refractivity contribution in [1.29, 1.82) is 0 Å². The van der Waals surface area contributed by atoms with Gasteiger partial charge in [0.05, 0.1) is 6.42 Å². The van der Waals surface area contributed by atoms with Gasteiger partial charge in [0.1, 0.15) is 0 Å². The Morgan fingerprint density at radius 2 is 1.74 bits per heavy atom. The van der Waals surface area contributed by atoms with Crippen molar-refractivity contribution in [2.75, 3.05) is 18.4 Å². The third-order valence-corrected chi connectivity index (χ3v) is 5.40. The van der Waals surface area contributed by atoms with Crippen LogP contribution in [0.25, 0.3) is 0 Å². The van der Waals surface area contributed by atoms with E-state index < -0.39 is 0 Å². The van der Waals surface area contributed by atoms with Crippen LogP contribution in [0, 0.1) is 5.92 Å². The summed E-state index contributed by atoms with van der Waals surface area (Å²) in [5.41, 5.74) is 2.99. The Morgan fingerprint density at radius 1 is 1.07 bits per heavy atom. The number of aryl methyl sites for hydroxylation is 1. The van der Waals surface area contributed by atoms with E-state index in [9.17, 15) is 9.59 Å². The Balaban J connectivity index is 1.51. The molecule has 2 amide bonds.